The molecule has 7 heteroatoms. The highest BCUT2D eigenvalue weighted by molar-refractivity contribution is 7.16. The zero-order valence-electron chi connectivity index (χ0n) is 16.0. The monoisotopic (exact) mass is 416 g/mol. The van der Waals surface area contributed by atoms with Gasteiger partial charge in [0.2, 0.25) is 0 Å². The van der Waals surface area contributed by atoms with E-state index < -0.39 is 0 Å². The van der Waals surface area contributed by atoms with Gasteiger partial charge in [-0.05, 0) is 50.1 Å². The summed E-state index contributed by atoms with van der Waals surface area (Å²) in [5, 5.41) is 0.588. The number of rotatable bonds is 5. The minimum Gasteiger partial charge on any atom is -0.465 e. The first-order valence-electron chi connectivity index (χ1n) is 8.95. The maximum atomic E-state index is 12.6. The van der Waals surface area contributed by atoms with Crippen LogP contribution in [-0.4, -0.2) is 23.1 Å². The summed E-state index contributed by atoms with van der Waals surface area (Å²) in [5.74, 6) is -0.635. The molecule has 5 nitrogen and oxygen atoms in total. The molecule has 0 saturated carbocycles. The first kappa shape index (κ1) is 20.3. The molecule has 0 radical (unpaired) electrons. The topological polar surface area (TPSA) is 60.7 Å². The van der Waals surface area contributed by atoms with Gasteiger partial charge in [-0.25, -0.2) is 0 Å². The SMILES string of the molecule is CCOC(=O)Cn1c(=NC(=O)Cc2cc(C)ccc2C)sc2cc(Cl)ccc21. The molecule has 2 aromatic carbocycles. The number of nitrogens with zero attached hydrogens (tertiary/aromatic N) is 2. The molecule has 0 spiro atoms. The minimum absolute atomic E-state index is 0.00887. The highest BCUT2D eigenvalue weighted by atomic mass is 35.5. The van der Waals surface area contributed by atoms with E-state index in [2.05, 4.69) is 4.99 Å². The predicted octanol–water partition coefficient (Wildman–Crippen LogP) is 4.21. The van der Waals surface area contributed by atoms with Crippen LogP contribution in [0.15, 0.2) is 41.4 Å². The van der Waals surface area contributed by atoms with Gasteiger partial charge in [0.1, 0.15) is 6.54 Å². The van der Waals surface area contributed by atoms with Crippen molar-refractivity contribution in [2.75, 3.05) is 6.61 Å². The Balaban J connectivity index is 2.01. The van der Waals surface area contributed by atoms with Crippen LogP contribution in [0.4, 0.5) is 0 Å². The summed E-state index contributed by atoms with van der Waals surface area (Å²) in [6.07, 6.45) is 0.210. The lowest BCUT2D eigenvalue weighted by atomic mass is 10.0. The molecule has 0 aliphatic rings. The van der Waals surface area contributed by atoms with Gasteiger partial charge in [0.05, 0.1) is 23.2 Å². The van der Waals surface area contributed by atoms with Crippen molar-refractivity contribution < 1.29 is 14.3 Å². The molecule has 0 bridgehead atoms. The Morgan fingerprint density at radius 3 is 2.71 bits per heavy atom. The molecule has 28 heavy (non-hydrogen) atoms. The van der Waals surface area contributed by atoms with Crippen LogP contribution in [0.5, 0.6) is 0 Å². The van der Waals surface area contributed by atoms with Crippen molar-refractivity contribution in [1.82, 2.24) is 4.57 Å². The normalized spacial score (nSPS) is 11.8. The molecule has 3 rings (SSSR count). The maximum absolute atomic E-state index is 12.6. The Bertz CT molecular complexity index is 1110. The van der Waals surface area contributed by atoms with Gasteiger partial charge in [-0.3, -0.25) is 9.59 Å². The van der Waals surface area contributed by atoms with Crippen molar-refractivity contribution in [3.05, 3.63) is 62.9 Å². The van der Waals surface area contributed by atoms with E-state index in [-0.39, 0.29) is 24.8 Å². The van der Waals surface area contributed by atoms with Crippen molar-refractivity contribution >= 4 is 45.0 Å². The van der Waals surface area contributed by atoms with Crippen LogP contribution < -0.4 is 4.80 Å². The lowest BCUT2D eigenvalue weighted by molar-refractivity contribution is -0.143. The smallest absolute Gasteiger partial charge is 0.326 e. The number of ether oxygens (including phenoxy) is 1. The molecular formula is C21H21ClN2O3S. The summed E-state index contributed by atoms with van der Waals surface area (Å²) in [6.45, 7) is 6.02. The van der Waals surface area contributed by atoms with Gasteiger partial charge in [-0.2, -0.15) is 4.99 Å². The van der Waals surface area contributed by atoms with Crippen molar-refractivity contribution in [2.45, 2.75) is 33.7 Å². The molecular weight excluding hydrogens is 396 g/mol. The van der Waals surface area contributed by atoms with E-state index in [1.165, 1.54) is 11.3 Å². The molecule has 0 atom stereocenters. The van der Waals surface area contributed by atoms with Crippen molar-refractivity contribution in [3.8, 4) is 0 Å². The number of amides is 1. The third-order valence-electron chi connectivity index (χ3n) is 4.30. The third kappa shape index (κ3) is 4.69. The number of hydrogen-bond acceptors (Lipinski definition) is 4. The summed E-state index contributed by atoms with van der Waals surface area (Å²) in [6, 6.07) is 11.4. The Morgan fingerprint density at radius 2 is 1.96 bits per heavy atom. The number of thiazole rings is 1. The zero-order chi connectivity index (χ0) is 20.3. The molecule has 0 aliphatic carbocycles. The fourth-order valence-electron chi connectivity index (χ4n) is 2.92. The second kappa shape index (κ2) is 8.71. The van der Waals surface area contributed by atoms with E-state index in [1.807, 2.05) is 38.1 Å². The molecule has 0 aliphatic heterocycles. The van der Waals surface area contributed by atoms with E-state index in [4.69, 9.17) is 16.3 Å². The summed E-state index contributed by atoms with van der Waals surface area (Å²) in [5.41, 5.74) is 3.90. The fraction of sp³-hybridized carbons (Fsp3) is 0.286. The van der Waals surface area contributed by atoms with Crippen LogP contribution in [-0.2, 0) is 27.3 Å². The number of aromatic nitrogens is 1. The van der Waals surface area contributed by atoms with Crippen LogP contribution in [0.1, 0.15) is 23.6 Å². The quantitative estimate of drug-likeness (QED) is 0.585. The molecule has 0 N–H and O–H groups in total. The van der Waals surface area contributed by atoms with Gasteiger partial charge in [-0.1, -0.05) is 46.7 Å². The molecule has 0 fully saturated rings. The molecule has 146 valence electrons. The lowest BCUT2D eigenvalue weighted by Crippen LogP contribution is -2.23. The van der Waals surface area contributed by atoms with Crippen LogP contribution in [0, 0.1) is 13.8 Å². The van der Waals surface area contributed by atoms with Gasteiger partial charge < -0.3 is 9.30 Å². The number of carbonyl (C=O) groups excluding carboxylic acids is 2. The van der Waals surface area contributed by atoms with Crippen LogP contribution >= 0.6 is 22.9 Å². The number of carbonyl (C=O) groups is 2. The second-order valence-electron chi connectivity index (χ2n) is 6.50. The summed E-state index contributed by atoms with van der Waals surface area (Å²) in [4.78, 5) is 29.4. The number of benzene rings is 2. The lowest BCUT2D eigenvalue weighted by Gasteiger charge is -2.06. The highest BCUT2D eigenvalue weighted by Crippen LogP contribution is 2.22. The van der Waals surface area contributed by atoms with Crippen molar-refractivity contribution in [3.63, 3.8) is 0 Å². The van der Waals surface area contributed by atoms with Crippen LogP contribution in [0.25, 0.3) is 10.2 Å². The van der Waals surface area contributed by atoms with Crippen molar-refractivity contribution in [1.29, 1.82) is 0 Å². The van der Waals surface area contributed by atoms with E-state index in [0.29, 0.717) is 16.4 Å². The summed E-state index contributed by atoms with van der Waals surface area (Å²) >= 11 is 7.42. The Labute approximate surface area is 172 Å². The number of aryl methyl sites for hydroxylation is 2. The van der Waals surface area contributed by atoms with E-state index in [9.17, 15) is 9.59 Å². The van der Waals surface area contributed by atoms with Gasteiger partial charge in [0, 0.05) is 5.02 Å². The van der Waals surface area contributed by atoms with Crippen molar-refractivity contribution in [2.24, 2.45) is 4.99 Å². The van der Waals surface area contributed by atoms with E-state index >= 15 is 0 Å². The number of esters is 1. The maximum Gasteiger partial charge on any atom is 0.326 e. The molecule has 1 aromatic heterocycles. The second-order valence-corrected chi connectivity index (χ2v) is 7.95. The molecule has 1 heterocycles. The largest absolute Gasteiger partial charge is 0.465 e. The van der Waals surface area contributed by atoms with Crippen LogP contribution in [0.3, 0.4) is 0 Å². The number of hydrogen-bond donors (Lipinski definition) is 0. The Kier molecular flexibility index (Phi) is 6.31. The zero-order valence-corrected chi connectivity index (χ0v) is 17.6. The summed E-state index contributed by atoms with van der Waals surface area (Å²) in [7, 11) is 0. The number of fused-ring (bicyclic) bond motifs is 1. The van der Waals surface area contributed by atoms with Crippen LogP contribution in [0.2, 0.25) is 5.02 Å². The van der Waals surface area contributed by atoms with Gasteiger partial charge in [0.25, 0.3) is 5.91 Å². The van der Waals surface area contributed by atoms with Gasteiger partial charge in [0.15, 0.2) is 4.80 Å². The molecule has 1 amide bonds. The average Bonchev–Trinajstić information content (AvgIpc) is 2.94. The number of halogens is 1. The van der Waals surface area contributed by atoms with Gasteiger partial charge in [-0.15, -0.1) is 0 Å². The summed E-state index contributed by atoms with van der Waals surface area (Å²) < 4.78 is 7.62. The van der Waals surface area contributed by atoms with Gasteiger partial charge >= 0.3 is 5.97 Å². The van der Waals surface area contributed by atoms with E-state index in [0.717, 1.165) is 26.9 Å². The van der Waals surface area contributed by atoms with E-state index in [1.54, 1.807) is 23.6 Å². The Morgan fingerprint density at radius 1 is 1.18 bits per heavy atom. The minimum atomic E-state index is -0.374. The first-order valence-corrected chi connectivity index (χ1v) is 10.1. The molecule has 0 saturated heterocycles. The fourth-order valence-corrected chi connectivity index (χ4v) is 4.24. The molecule has 3 aromatic rings. The average molecular weight is 417 g/mol. The third-order valence-corrected chi connectivity index (χ3v) is 5.58. The highest BCUT2D eigenvalue weighted by Gasteiger charge is 2.13. The first-order chi connectivity index (χ1) is 13.4. The standard InChI is InChI=1S/C21H21ClN2O3S/c1-4-27-20(26)12-24-17-8-7-16(22)11-18(17)28-21(24)23-19(25)10-15-9-13(2)5-6-14(15)3/h5-9,11H,4,10,12H2,1-3H3. The molecule has 0 unspecified atom stereocenters. The Hall–Kier alpha value is -2.44. The predicted molar refractivity (Wildman–Crippen MR) is 112 cm³/mol.